The van der Waals surface area contributed by atoms with Crippen molar-refractivity contribution in [2.75, 3.05) is 30.5 Å². The summed E-state index contributed by atoms with van der Waals surface area (Å²) in [7, 11) is -1.74. The first-order valence-corrected chi connectivity index (χ1v) is 7.44. The van der Waals surface area contributed by atoms with Gasteiger partial charge in [-0.05, 0) is 0 Å². The second-order valence-electron chi connectivity index (χ2n) is 4.18. The number of anilines is 1. The van der Waals surface area contributed by atoms with Crippen molar-refractivity contribution < 1.29 is 23.2 Å². The van der Waals surface area contributed by atoms with E-state index in [1.54, 1.807) is 0 Å². The van der Waals surface area contributed by atoms with Crippen LogP contribution < -0.4 is 4.90 Å². The molecule has 1 heterocycles. The quantitative estimate of drug-likeness (QED) is 0.581. The normalized spacial score (nSPS) is 11.1. The maximum Gasteiger partial charge on any atom is 0.339 e. The second kappa shape index (κ2) is 5.82. The van der Waals surface area contributed by atoms with Crippen LogP contribution in [0.4, 0.5) is 11.5 Å². The van der Waals surface area contributed by atoms with Crippen LogP contribution in [0.3, 0.4) is 0 Å². The first-order chi connectivity index (χ1) is 9.11. The van der Waals surface area contributed by atoms with Crippen molar-refractivity contribution in [1.82, 2.24) is 4.98 Å². The first kappa shape index (κ1) is 15.8. The lowest BCUT2D eigenvalue weighted by Crippen LogP contribution is -2.27. The topological polar surface area (TPSA) is 131 Å². The second-order valence-corrected chi connectivity index (χ2v) is 6.44. The summed E-state index contributed by atoms with van der Waals surface area (Å²) in [6.07, 6.45) is 1.99. The number of hydrogen-bond acceptors (Lipinski definition) is 7. The number of nitrogens with zero attached hydrogens (tertiary/aromatic N) is 3. The Morgan fingerprint density at radius 1 is 1.55 bits per heavy atom. The van der Waals surface area contributed by atoms with Crippen molar-refractivity contribution in [1.29, 1.82) is 0 Å². The predicted molar refractivity (Wildman–Crippen MR) is 70.8 cm³/mol. The Hall–Kier alpha value is -2.23. The molecule has 0 saturated carbocycles. The molecule has 0 aliphatic carbocycles. The van der Waals surface area contributed by atoms with E-state index in [2.05, 4.69) is 4.98 Å². The molecule has 20 heavy (non-hydrogen) atoms. The molecule has 9 nitrogen and oxygen atoms in total. The van der Waals surface area contributed by atoms with Gasteiger partial charge in [-0.3, -0.25) is 10.1 Å². The van der Waals surface area contributed by atoms with Crippen LogP contribution in [-0.4, -0.2) is 55.0 Å². The van der Waals surface area contributed by atoms with Gasteiger partial charge >= 0.3 is 5.97 Å². The van der Waals surface area contributed by atoms with Gasteiger partial charge in [-0.2, -0.15) is 0 Å². The number of rotatable bonds is 6. The summed E-state index contributed by atoms with van der Waals surface area (Å²) in [5.74, 6) is -1.57. The predicted octanol–water partition coefficient (Wildman–Crippen LogP) is 0.169. The number of carbonyl (C=O) groups is 1. The highest BCUT2D eigenvalue weighted by molar-refractivity contribution is 7.90. The third kappa shape index (κ3) is 4.16. The molecule has 0 amide bonds. The zero-order valence-electron chi connectivity index (χ0n) is 10.8. The fraction of sp³-hybridized carbons (Fsp3) is 0.400. The van der Waals surface area contributed by atoms with Crippen molar-refractivity contribution >= 4 is 27.3 Å². The number of hydrogen-bond donors (Lipinski definition) is 1. The highest BCUT2D eigenvalue weighted by Crippen LogP contribution is 2.21. The Kier molecular flexibility index (Phi) is 4.61. The fourth-order valence-electron chi connectivity index (χ4n) is 1.42. The molecule has 0 saturated heterocycles. The molecule has 0 aliphatic heterocycles. The van der Waals surface area contributed by atoms with Gasteiger partial charge in [0.05, 0.1) is 10.7 Å². The average Bonchev–Trinajstić information content (AvgIpc) is 2.34. The summed E-state index contributed by atoms with van der Waals surface area (Å²) in [5, 5.41) is 19.6. The van der Waals surface area contributed by atoms with Crippen molar-refractivity contribution in [3.05, 3.63) is 27.9 Å². The van der Waals surface area contributed by atoms with E-state index in [1.165, 1.54) is 11.9 Å². The van der Waals surface area contributed by atoms with Gasteiger partial charge in [0.15, 0.2) is 0 Å². The molecule has 0 aliphatic rings. The summed E-state index contributed by atoms with van der Waals surface area (Å²) in [5.41, 5.74) is -0.794. The van der Waals surface area contributed by atoms with E-state index in [9.17, 15) is 23.3 Å². The minimum Gasteiger partial charge on any atom is -0.478 e. The van der Waals surface area contributed by atoms with Gasteiger partial charge in [0.2, 0.25) is 0 Å². The summed E-state index contributed by atoms with van der Waals surface area (Å²) < 4.78 is 22.2. The van der Waals surface area contributed by atoms with Crippen LogP contribution in [0.2, 0.25) is 0 Å². The van der Waals surface area contributed by atoms with Crippen LogP contribution in [0.15, 0.2) is 12.3 Å². The molecule has 0 unspecified atom stereocenters. The van der Waals surface area contributed by atoms with E-state index in [0.29, 0.717) is 0 Å². The first-order valence-electron chi connectivity index (χ1n) is 5.38. The Morgan fingerprint density at radius 3 is 2.60 bits per heavy atom. The van der Waals surface area contributed by atoms with Gasteiger partial charge in [-0.25, -0.2) is 18.2 Å². The van der Waals surface area contributed by atoms with Crippen molar-refractivity contribution in [2.24, 2.45) is 0 Å². The molecule has 0 bridgehead atoms. The third-order valence-electron chi connectivity index (χ3n) is 2.45. The third-order valence-corrected chi connectivity index (χ3v) is 3.38. The zero-order valence-corrected chi connectivity index (χ0v) is 11.6. The van der Waals surface area contributed by atoms with E-state index in [0.717, 1.165) is 18.5 Å². The molecule has 0 fully saturated rings. The molecular formula is C10H13N3O6S. The standard InChI is InChI=1S/C10H13N3O6S/c1-12(3-4-20(2,18)19)9-8(10(14)15)5-7(6-11-9)13(16)17/h5-6H,3-4H2,1-2H3,(H,14,15). The molecule has 0 radical (unpaired) electrons. The highest BCUT2D eigenvalue weighted by atomic mass is 32.2. The van der Waals surface area contributed by atoms with Crippen molar-refractivity contribution in [3.8, 4) is 0 Å². The number of carboxylic acid groups (broad SMARTS) is 1. The summed E-state index contributed by atoms with van der Waals surface area (Å²) in [6, 6.07) is 0.890. The van der Waals surface area contributed by atoms with Crippen LogP contribution in [0.1, 0.15) is 10.4 Å². The molecule has 0 aromatic carbocycles. The molecule has 0 atom stereocenters. The highest BCUT2D eigenvalue weighted by Gasteiger charge is 2.20. The smallest absolute Gasteiger partial charge is 0.339 e. The molecular weight excluding hydrogens is 290 g/mol. The Labute approximate surface area is 114 Å². The lowest BCUT2D eigenvalue weighted by molar-refractivity contribution is -0.385. The minimum absolute atomic E-state index is 0.0215. The number of carboxylic acids is 1. The van der Waals surface area contributed by atoms with Gasteiger partial charge in [0, 0.05) is 25.9 Å². The van der Waals surface area contributed by atoms with Crippen LogP contribution in [0, 0.1) is 10.1 Å². The number of aromatic nitrogens is 1. The fourth-order valence-corrected chi connectivity index (χ4v) is 2.02. The maximum absolute atomic E-state index is 11.1. The van der Waals surface area contributed by atoms with Gasteiger partial charge in [0.25, 0.3) is 5.69 Å². The van der Waals surface area contributed by atoms with Crippen LogP contribution in [0.25, 0.3) is 0 Å². The lowest BCUT2D eigenvalue weighted by Gasteiger charge is -2.19. The molecule has 1 rings (SSSR count). The Bertz CT molecular complexity index is 642. The summed E-state index contributed by atoms with van der Waals surface area (Å²) in [6.45, 7) is 0.0317. The molecule has 1 aromatic rings. The van der Waals surface area contributed by atoms with E-state index in [1.807, 2.05) is 0 Å². The Morgan fingerprint density at radius 2 is 2.15 bits per heavy atom. The number of sulfone groups is 1. The number of pyridine rings is 1. The summed E-state index contributed by atoms with van der Waals surface area (Å²) in [4.78, 5) is 26.0. The van der Waals surface area contributed by atoms with Crippen LogP contribution >= 0.6 is 0 Å². The average molecular weight is 303 g/mol. The largest absolute Gasteiger partial charge is 0.478 e. The van der Waals surface area contributed by atoms with Crippen molar-refractivity contribution in [2.45, 2.75) is 0 Å². The van der Waals surface area contributed by atoms with E-state index >= 15 is 0 Å². The van der Waals surface area contributed by atoms with Gasteiger partial charge < -0.3 is 10.0 Å². The molecule has 10 heteroatoms. The van der Waals surface area contributed by atoms with Gasteiger partial charge in [-0.1, -0.05) is 0 Å². The van der Waals surface area contributed by atoms with E-state index < -0.39 is 26.4 Å². The Balaban J connectivity index is 3.10. The SMILES string of the molecule is CN(CCS(C)(=O)=O)c1ncc([N+](=O)[O-])cc1C(=O)O. The number of aromatic carboxylic acids is 1. The zero-order chi connectivity index (χ0) is 15.5. The molecule has 1 aromatic heterocycles. The molecule has 0 spiro atoms. The van der Waals surface area contributed by atoms with Crippen LogP contribution in [0.5, 0.6) is 0 Å². The van der Waals surface area contributed by atoms with Gasteiger partial charge in [-0.15, -0.1) is 0 Å². The van der Waals surface area contributed by atoms with Gasteiger partial charge in [0.1, 0.15) is 27.4 Å². The van der Waals surface area contributed by atoms with Crippen LogP contribution in [-0.2, 0) is 9.84 Å². The van der Waals surface area contributed by atoms with Crippen molar-refractivity contribution in [3.63, 3.8) is 0 Å². The molecule has 1 N–H and O–H groups in total. The summed E-state index contributed by atoms with van der Waals surface area (Å²) >= 11 is 0. The molecule has 110 valence electrons. The van der Waals surface area contributed by atoms with E-state index in [-0.39, 0.29) is 23.7 Å². The minimum atomic E-state index is -3.21. The maximum atomic E-state index is 11.1. The lowest BCUT2D eigenvalue weighted by atomic mass is 10.2. The van der Waals surface area contributed by atoms with E-state index in [4.69, 9.17) is 5.11 Å². The monoisotopic (exact) mass is 303 g/mol. The number of nitro groups is 1.